The summed E-state index contributed by atoms with van der Waals surface area (Å²) in [5, 5.41) is 6.67. The van der Waals surface area contributed by atoms with Gasteiger partial charge in [-0.25, -0.2) is 18.3 Å². The Balaban J connectivity index is 1.75. The number of benzene rings is 1. The van der Waals surface area contributed by atoms with Crippen molar-refractivity contribution in [3.8, 4) is 0 Å². The Bertz CT molecular complexity index is 1020. The zero-order chi connectivity index (χ0) is 20.3. The Kier molecular flexibility index (Phi) is 4.26. The molecular weight excluding hydrogens is 365 g/mol. The molecule has 2 aromatic heterocycles. The molecule has 0 aliphatic heterocycles. The van der Waals surface area contributed by atoms with Crippen molar-refractivity contribution in [1.29, 1.82) is 0 Å². The van der Waals surface area contributed by atoms with Gasteiger partial charge in [0.1, 0.15) is 0 Å². The van der Waals surface area contributed by atoms with Crippen molar-refractivity contribution < 1.29 is 13.2 Å². The van der Waals surface area contributed by atoms with Gasteiger partial charge in [-0.3, -0.25) is 0 Å². The summed E-state index contributed by atoms with van der Waals surface area (Å²) in [6.07, 6.45) is 2.60. The predicted molar refractivity (Wildman–Crippen MR) is 101 cm³/mol. The molecule has 1 N–H and O–H groups in total. The van der Waals surface area contributed by atoms with Gasteiger partial charge in [0.05, 0.1) is 11.7 Å². The summed E-state index contributed by atoms with van der Waals surface area (Å²) in [5.74, 6) is -3.36. The lowest BCUT2D eigenvalue weighted by molar-refractivity contribution is -0.0169. The summed E-state index contributed by atoms with van der Waals surface area (Å²) in [6, 6.07) is 7.57. The molecule has 4 nitrogen and oxygen atoms in total. The van der Waals surface area contributed by atoms with E-state index in [4.69, 9.17) is 0 Å². The highest BCUT2D eigenvalue weighted by Crippen LogP contribution is 2.48. The molecule has 148 valence electrons. The van der Waals surface area contributed by atoms with Crippen LogP contribution in [0.2, 0.25) is 0 Å². The Morgan fingerprint density at radius 2 is 1.93 bits per heavy atom. The highest BCUT2D eigenvalue weighted by atomic mass is 19.3. The minimum atomic E-state index is -2.86. The second-order valence-corrected chi connectivity index (χ2v) is 8.28. The zero-order valence-corrected chi connectivity index (χ0v) is 16.3. The molecule has 7 heteroatoms. The summed E-state index contributed by atoms with van der Waals surface area (Å²) in [4.78, 5) is 4.36. The SMILES string of the molecule is CN[C@@H](c1ccc(C2CC(C)(C)c3c2cnc2cc(F)nn32)cc1)C(C)(F)F. The van der Waals surface area contributed by atoms with Crippen LogP contribution in [0.5, 0.6) is 0 Å². The van der Waals surface area contributed by atoms with E-state index < -0.39 is 17.9 Å². The highest BCUT2D eigenvalue weighted by molar-refractivity contribution is 5.49. The quantitative estimate of drug-likeness (QED) is 0.710. The van der Waals surface area contributed by atoms with Crippen molar-refractivity contribution in [3.63, 3.8) is 0 Å². The molecule has 0 fully saturated rings. The first-order valence-electron chi connectivity index (χ1n) is 9.31. The maximum Gasteiger partial charge on any atom is 0.264 e. The van der Waals surface area contributed by atoms with Crippen molar-refractivity contribution in [3.05, 3.63) is 64.9 Å². The molecule has 0 bridgehead atoms. The van der Waals surface area contributed by atoms with E-state index in [1.165, 1.54) is 13.1 Å². The third-order valence-electron chi connectivity index (χ3n) is 5.68. The van der Waals surface area contributed by atoms with Crippen molar-refractivity contribution in [2.45, 2.75) is 50.5 Å². The minimum Gasteiger partial charge on any atom is -0.308 e. The van der Waals surface area contributed by atoms with Crippen LogP contribution in [0.3, 0.4) is 0 Å². The van der Waals surface area contributed by atoms with Gasteiger partial charge in [0.15, 0.2) is 5.65 Å². The molecule has 0 radical (unpaired) electrons. The molecule has 1 unspecified atom stereocenters. The van der Waals surface area contributed by atoms with E-state index in [0.717, 1.165) is 30.2 Å². The summed E-state index contributed by atoms with van der Waals surface area (Å²) >= 11 is 0. The van der Waals surface area contributed by atoms with E-state index in [2.05, 4.69) is 29.2 Å². The largest absolute Gasteiger partial charge is 0.308 e. The molecule has 0 amide bonds. The van der Waals surface area contributed by atoms with Gasteiger partial charge in [0, 0.05) is 36.1 Å². The van der Waals surface area contributed by atoms with E-state index in [1.54, 1.807) is 22.8 Å². The third kappa shape index (κ3) is 2.98. The van der Waals surface area contributed by atoms with Gasteiger partial charge in [-0.1, -0.05) is 38.1 Å². The van der Waals surface area contributed by atoms with Crippen LogP contribution in [-0.4, -0.2) is 27.6 Å². The second-order valence-electron chi connectivity index (χ2n) is 8.28. The van der Waals surface area contributed by atoms with Crippen LogP contribution >= 0.6 is 0 Å². The van der Waals surface area contributed by atoms with Gasteiger partial charge in [0.2, 0.25) is 5.95 Å². The molecule has 0 saturated heterocycles. The lowest BCUT2D eigenvalue weighted by Gasteiger charge is -2.24. The maximum atomic E-state index is 13.8. The van der Waals surface area contributed by atoms with E-state index >= 15 is 0 Å². The van der Waals surface area contributed by atoms with Crippen LogP contribution in [0, 0.1) is 5.95 Å². The summed E-state index contributed by atoms with van der Waals surface area (Å²) < 4.78 is 42.9. The normalized spacial score (nSPS) is 19.8. The molecule has 1 aromatic carbocycles. The lowest BCUT2D eigenvalue weighted by atomic mass is 9.86. The number of hydrogen-bond donors (Lipinski definition) is 1. The molecule has 2 atom stereocenters. The Hall–Kier alpha value is -2.41. The Labute approximate surface area is 161 Å². The van der Waals surface area contributed by atoms with E-state index in [-0.39, 0.29) is 11.3 Å². The first kappa shape index (κ1) is 18.9. The fourth-order valence-electron chi connectivity index (χ4n) is 4.50. The number of fused-ring (bicyclic) bond motifs is 3. The van der Waals surface area contributed by atoms with Crippen molar-refractivity contribution >= 4 is 5.65 Å². The van der Waals surface area contributed by atoms with E-state index in [1.807, 2.05) is 12.1 Å². The smallest absolute Gasteiger partial charge is 0.264 e. The molecule has 28 heavy (non-hydrogen) atoms. The number of aromatic nitrogens is 3. The van der Waals surface area contributed by atoms with Gasteiger partial charge in [-0.2, -0.15) is 4.39 Å². The molecule has 3 aromatic rings. The summed E-state index contributed by atoms with van der Waals surface area (Å²) in [5.41, 5.74) is 3.78. The third-order valence-corrected chi connectivity index (χ3v) is 5.68. The monoisotopic (exact) mass is 388 g/mol. The number of nitrogens with one attached hydrogen (secondary N) is 1. The average Bonchev–Trinajstić information content (AvgIpc) is 3.11. The molecule has 1 aliphatic rings. The van der Waals surface area contributed by atoms with Crippen molar-refractivity contribution in [2.24, 2.45) is 0 Å². The maximum absolute atomic E-state index is 13.8. The zero-order valence-electron chi connectivity index (χ0n) is 16.3. The molecule has 0 saturated carbocycles. The van der Waals surface area contributed by atoms with Crippen molar-refractivity contribution in [2.75, 3.05) is 7.05 Å². The molecule has 0 spiro atoms. The van der Waals surface area contributed by atoms with E-state index in [0.29, 0.717) is 11.2 Å². The first-order chi connectivity index (χ1) is 13.1. The topological polar surface area (TPSA) is 42.2 Å². The molecule has 1 aliphatic carbocycles. The van der Waals surface area contributed by atoms with Crippen LogP contribution in [0.1, 0.15) is 61.5 Å². The lowest BCUT2D eigenvalue weighted by Crippen LogP contribution is -2.32. The fraction of sp³-hybridized carbons (Fsp3) is 0.429. The van der Waals surface area contributed by atoms with Gasteiger partial charge >= 0.3 is 0 Å². The number of alkyl halides is 2. The highest BCUT2D eigenvalue weighted by Gasteiger charge is 2.41. The van der Waals surface area contributed by atoms with Crippen LogP contribution < -0.4 is 5.32 Å². The van der Waals surface area contributed by atoms with Gasteiger partial charge in [-0.15, -0.1) is 5.10 Å². The second kappa shape index (κ2) is 6.30. The molecular formula is C21H23F3N4. The number of rotatable bonds is 4. The van der Waals surface area contributed by atoms with Crippen molar-refractivity contribution in [1.82, 2.24) is 19.9 Å². The average molecular weight is 388 g/mol. The molecule has 2 heterocycles. The number of nitrogens with zero attached hydrogens (tertiary/aromatic N) is 3. The number of hydrogen-bond acceptors (Lipinski definition) is 3. The van der Waals surface area contributed by atoms with Crippen LogP contribution in [0.25, 0.3) is 5.65 Å². The van der Waals surface area contributed by atoms with Gasteiger partial charge in [-0.05, 0) is 24.6 Å². The number of halogens is 3. The molecule has 4 rings (SSSR count). The summed E-state index contributed by atoms with van der Waals surface area (Å²) in [6.45, 7) is 5.12. The predicted octanol–water partition coefficient (Wildman–Crippen LogP) is 4.60. The van der Waals surface area contributed by atoms with E-state index in [9.17, 15) is 13.2 Å². The minimum absolute atomic E-state index is 0.0541. The van der Waals surface area contributed by atoms with Gasteiger partial charge in [0.25, 0.3) is 5.92 Å². The Morgan fingerprint density at radius 3 is 2.54 bits per heavy atom. The Morgan fingerprint density at radius 1 is 1.25 bits per heavy atom. The standard InChI is InChI=1S/C21H23F3N4/c1-20(2)10-14(15-11-26-17-9-16(22)27-28(17)19(15)20)12-5-7-13(8-6-12)18(25-4)21(3,23)24/h5-9,11,14,18,25H,10H2,1-4H3/t14?,18-/m0/s1. The van der Waals surface area contributed by atoms with Crippen LogP contribution in [-0.2, 0) is 5.41 Å². The van der Waals surface area contributed by atoms with Crippen LogP contribution in [0.15, 0.2) is 36.5 Å². The summed E-state index contributed by atoms with van der Waals surface area (Å²) in [7, 11) is 1.53. The first-order valence-corrected chi connectivity index (χ1v) is 9.31. The van der Waals surface area contributed by atoms with Crippen LogP contribution in [0.4, 0.5) is 13.2 Å². The fourth-order valence-corrected chi connectivity index (χ4v) is 4.50. The van der Waals surface area contributed by atoms with Gasteiger partial charge < -0.3 is 5.32 Å².